The summed E-state index contributed by atoms with van der Waals surface area (Å²) in [4.78, 5) is 0. The number of nitrogens with two attached hydrogens (primary N) is 1. The Kier molecular flexibility index (Phi) is 4.59. The van der Waals surface area contributed by atoms with Gasteiger partial charge in [-0.2, -0.15) is 0 Å². The van der Waals surface area contributed by atoms with E-state index in [-0.39, 0.29) is 0 Å². The van der Waals surface area contributed by atoms with Gasteiger partial charge in [0.1, 0.15) is 0 Å². The maximum atomic E-state index is 5.13. The second-order valence-electron chi connectivity index (χ2n) is 1.31. The van der Waals surface area contributed by atoms with Gasteiger partial charge >= 0.3 is 0 Å². The first-order valence-electron chi connectivity index (χ1n) is 2.42. The van der Waals surface area contributed by atoms with Gasteiger partial charge in [0.2, 0.25) is 0 Å². The molecule has 0 amide bonds. The van der Waals surface area contributed by atoms with Gasteiger partial charge < -0.3 is 11.1 Å². The summed E-state index contributed by atoms with van der Waals surface area (Å²) in [7, 11) is 1.09. The van der Waals surface area contributed by atoms with E-state index in [2.05, 4.69) is 23.2 Å². The molecule has 3 N–H and O–H groups in total. The molecule has 0 aromatic rings. The predicted octanol–water partition coefficient (Wildman–Crippen LogP) is -1.30. The third-order valence-electron chi connectivity index (χ3n) is 0.630. The van der Waals surface area contributed by atoms with Gasteiger partial charge in [0.05, 0.1) is 0 Å². The molecule has 0 aliphatic carbocycles. The lowest BCUT2D eigenvalue weighted by Crippen LogP contribution is -2.28. The summed E-state index contributed by atoms with van der Waals surface area (Å²) in [5.41, 5.74) is 7.21. The standard InChI is InChI=1S/C4H10N2SSi/c5-4(7)6-2-1-3-8/h1,3H,2H2,8H3,(H3,5,6,7). The summed E-state index contributed by atoms with van der Waals surface area (Å²) < 4.78 is 0. The molecular weight excluding hydrogens is 136 g/mol. The van der Waals surface area contributed by atoms with Gasteiger partial charge in [-0.3, -0.25) is 0 Å². The highest BCUT2D eigenvalue weighted by molar-refractivity contribution is 7.80. The molecule has 0 rings (SSSR count). The first-order valence-corrected chi connectivity index (χ1v) is 3.98. The van der Waals surface area contributed by atoms with Crippen molar-refractivity contribution in [1.29, 1.82) is 0 Å². The van der Waals surface area contributed by atoms with Crippen LogP contribution in [0, 0.1) is 0 Å². The van der Waals surface area contributed by atoms with Crippen LogP contribution in [0.2, 0.25) is 0 Å². The summed E-state index contributed by atoms with van der Waals surface area (Å²) >= 11 is 4.55. The fourth-order valence-electron chi connectivity index (χ4n) is 0.277. The van der Waals surface area contributed by atoms with Gasteiger partial charge in [-0.05, 0) is 12.2 Å². The molecule has 0 spiro atoms. The fourth-order valence-corrected chi connectivity index (χ4v) is 0.596. The van der Waals surface area contributed by atoms with E-state index < -0.39 is 0 Å². The predicted molar refractivity (Wildman–Crippen MR) is 43.9 cm³/mol. The third kappa shape index (κ3) is 5.65. The summed E-state index contributed by atoms with van der Waals surface area (Å²) in [6.07, 6.45) is 2.01. The minimum absolute atomic E-state index is 0.366. The molecule has 0 saturated heterocycles. The van der Waals surface area contributed by atoms with Crippen molar-refractivity contribution in [2.45, 2.75) is 0 Å². The van der Waals surface area contributed by atoms with Gasteiger partial charge in [0.25, 0.3) is 0 Å². The van der Waals surface area contributed by atoms with Crippen LogP contribution in [-0.2, 0) is 0 Å². The van der Waals surface area contributed by atoms with Gasteiger partial charge in [-0.1, -0.05) is 6.08 Å². The van der Waals surface area contributed by atoms with Crippen molar-refractivity contribution in [2.75, 3.05) is 6.54 Å². The van der Waals surface area contributed by atoms with Gasteiger partial charge in [0.15, 0.2) is 5.11 Å². The number of rotatable bonds is 2. The average molecular weight is 146 g/mol. The molecule has 2 nitrogen and oxygen atoms in total. The van der Waals surface area contributed by atoms with Crippen LogP contribution in [0.25, 0.3) is 0 Å². The van der Waals surface area contributed by atoms with Crippen molar-refractivity contribution in [2.24, 2.45) is 5.73 Å². The Bertz CT molecular complexity index is 102. The average Bonchev–Trinajstić information content (AvgIpc) is 1.66. The Morgan fingerprint density at radius 2 is 2.50 bits per heavy atom. The van der Waals surface area contributed by atoms with Crippen molar-refractivity contribution in [3.8, 4) is 0 Å². The Morgan fingerprint density at radius 3 is 2.88 bits per heavy atom. The SMILES string of the molecule is NC(=S)NCC=C[SiH3]. The lowest BCUT2D eigenvalue weighted by Gasteiger charge is -1.95. The molecule has 46 valence electrons. The molecule has 0 bridgehead atoms. The summed E-state index contributed by atoms with van der Waals surface area (Å²) in [5.74, 6) is 0. The molecule has 0 aromatic heterocycles. The molecule has 4 heteroatoms. The molecular formula is C4H10N2SSi. The molecule has 0 aliphatic heterocycles. The number of hydrogen-bond acceptors (Lipinski definition) is 1. The van der Waals surface area contributed by atoms with E-state index in [1.807, 2.05) is 6.08 Å². The quantitative estimate of drug-likeness (QED) is 0.376. The fraction of sp³-hybridized carbons (Fsp3) is 0.250. The highest BCUT2D eigenvalue weighted by Gasteiger charge is 1.77. The maximum absolute atomic E-state index is 5.13. The van der Waals surface area contributed by atoms with Crippen LogP contribution in [0.4, 0.5) is 0 Å². The summed E-state index contributed by atoms with van der Waals surface area (Å²) in [6.45, 7) is 0.763. The Balaban J connectivity index is 3.05. The normalized spacial score (nSPS) is 10.0. The summed E-state index contributed by atoms with van der Waals surface area (Å²) in [6, 6.07) is 0. The lowest BCUT2D eigenvalue weighted by molar-refractivity contribution is 1.05. The topological polar surface area (TPSA) is 38.0 Å². The number of nitrogens with one attached hydrogen (secondary N) is 1. The monoisotopic (exact) mass is 146 g/mol. The Morgan fingerprint density at radius 1 is 1.88 bits per heavy atom. The second kappa shape index (κ2) is 4.80. The minimum atomic E-state index is 0.366. The number of thiocarbonyl (C=S) groups is 1. The van der Waals surface area contributed by atoms with Crippen LogP contribution in [0.5, 0.6) is 0 Å². The molecule has 0 radical (unpaired) electrons. The van der Waals surface area contributed by atoms with E-state index in [0.29, 0.717) is 5.11 Å². The van der Waals surface area contributed by atoms with Crippen molar-refractivity contribution in [3.05, 3.63) is 11.8 Å². The van der Waals surface area contributed by atoms with Crippen LogP contribution in [-0.4, -0.2) is 21.9 Å². The summed E-state index contributed by atoms with van der Waals surface area (Å²) in [5, 5.41) is 3.16. The maximum Gasteiger partial charge on any atom is 0.163 e. The first-order chi connectivity index (χ1) is 3.77. The minimum Gasteiger partial charge on any atom is -0.376 e. The molecule has 0 aliphatic rings. The molecule has 0 aromatic carbocycles. The molecule has 0 saturated carbocycles. The van der Waals surface area contributed by atoms with Gasteiger partial charge in [-0.25, -0.2) is 0 Å². The van der Waals surface area contributed by atoms with Crippen molar-refractivity contribution >= 4 is 27.6 Å². The van der Waals surface area contributed by atoms with Crippen molar-refractivity contribution < 1.29 is 0 Å². The van der Waals surface area contributed by atoms with Crippen molar-refractivity contribution in [3.63, 3.8) is 0 Å². The van der Waals surface area contributed by atoms with Gasteiger partial charge in [0, 0.05) is 16.8 Å². The van der Waals surface area contributed by atoms with Crippen LogP contribution in [0.15, 0.2) is 11.8 Å². The van der Waals surface area contributed by atoms with E-state index in [9.17, 15) is 0 Å². The highest BCUT2D eigenvalue weighted by Crippen LogP contribution is 1.62. The Labute approximate surface area is 57.6 Å². The molecule has 0 heterocycles. The zero-order valence-electron chi connectivity index (χ0n) is 4.85. The van der Waals surface area contributed by atoms with Gasteiger partial charge in [-0.15, -0.1) is 5.70 Å². The largest absolute Gasteiger partial charge is 0.376 e. The van der Waals surface area contributed by atoms with Crippen LogP contribution in [0.3, 0.4) is 0 Å². The van der Waals surface area contributed by atoms with Crippen LogP contribution >= 0.6 is 12.2 Å². The van der Waals surface area contributed by atoms with E-state index in [4.69, 9.17) is 5.73 Å². The van der Waals surface area contributed by atoms with E-state index in [1.165, 1.54) is 0 Å². The van der Waals surface area contributed by atoms with Crippen LogP contribution < -0.4 is 11.1 Å². The smallest absolute Gasteiger partial charge is 0.163 e. The van der Waals surface area contributed by atoms with E-state index >= 15 is 0 Å². The molecule has 0 atom stereocenters. The van der Waals surface area contributed by atoms with E-state index in [1.54, 1.807) is 0 Å². The zero-order chi connectivity index (χ0) is 6.41. The highest BCUT2D eigenvalue weighted by atomic mass is 32.1. The number of hydrogen-bond donors (Lipinski definition) is 2. The molecule has 8 heavy (non-hydrogen) atoms. The third-order valence-corrected chi connectivity index (χ3v) is 1.25. The second-order valence-corrected chi connectivity index (χ2v) is 2.42. The van der Waals surface area contributed by atoms with Crippen LogP contribution in [0.1, 0.15) is 0 Å². The van der Waals surface area contributed by atoms with Crippen molar-refractivity contribution in [1.82, 2.24) is 5.32 Å². The van der Waals surface area contributed by atoms with E-state index in [0.717, 1.165) is 16.8 Å². The lowest BCUT2D eigenvalue weighted by atomic mass is 10.6. The zero-order valence-corrected chi connectivity index (χ0v) is 7.66. The molecule has 0 fully saturated rings. The Hall–Kier alpha value is -0.353. The first kappa shape index (κ1) is 7.65. The molecule has 0 unspecified atom stereocenters.